The van der Waals surface area contributed by atoms with Crippen LogP contribution >= 0.6 is 0 Å². The lowest BCUT2D eigenvalue weighted by molar-refractivity contribution is -0.122. The maximum atomic E-state index is 11.5. The van der Waals surface area contributed by atoms with Crippen LogP contribution in [0.4, 0.5) is 5.82 Å². The van der Waals surface area contributed by atoms with E-state index in [4.69, 9.17) is 5.73 Å². The lowest BCUT2D eigenvalue weighted by Crippen LogP contribution is -2.54. The van der Waals surface area contributed by atoms with Crippen molar-refractivity contribution in [2.75, 3.05) is 44.7 Å². The Kier molecular flexibility index (Phi) is 8.12. The Labute approximate surface area is 186 Å². The molecule has 8 heteroatoms. The van der Waals surface area contributed by atoms with Crippen LogP contribution in [0.25, 0.3) is 0 Å². The summed E-state index contributed by atoms with van der Waals surface area (Å²) in [7, 11) is 1.81. The Morgan fingerprint density at radius 3 is 2.55 bits per heavy atom. The number of amides is 1. The van der Waals surface area contributed by atoms with Gasteiger partial charge in [-0.2, -0.15) is 0 Å². The number of anilines is 1. The predicted molar refractivity (Wildman–Crippen MR) is 126 cm³/mol. The van der Waals surface area contributed by atoms with Gasteiger partial charge in [0, 0.05) is 56.4 Å². The van der Waals surface area contributed by atoms with Crippen molar-refractivity contribution >= 4 is 17.7 Å². The van der Waals surface area contributed by atoms with E-state index in [1.165, 1.54) is 32.4 Å². The van der Waals surface area contributed by atoms with Crippen LogP contribution in [0.5, 0.6) is 0 Å². The average Bonchev–Trinajstić information content (AvgIpc) is 2.80. The molecule has 1 aromatic heterocycles. The van der Waals surface area contributed by atoms with Gasteiger partial charge in [-0.1, -0.05) is 12.5 Å². The molecule has 2 saturated heterocycles. The number of guanidine groups is 1. The second kappa shape index (κ2) is 10.8. The monoisotopic (exact) mass is 429 g/mol. The van der Waals surface area contributed by atoms with Gasteiger partial charge in [-0.15, -0.1) is 0 Å². The van der Waals surface area contributed by atoms with Gasteiger partial charge in [0.25, 0.3) is 0 Å². The standard InChI is InChI=1S/C23H39N7O/c1-23(2,30-12-5-4-6-13-30)17-28-22(25-3)27-16-19-8-7-11-26-21(19)29-14-9-18(10-15-29)20(24)31/h7-8,11,18H,4-6,9-10,12-17H2,1-3H3,(H2,24,31)(H2,25,27,28). The Balaban J connectivity index is 1.54. The minimum absolute atomic E-state index is 0.0205. The van der Waals surface area contributed by atoms with Crippen molar-refractivity contribution in [3.05, 3.63) is 23.9 Å². The smallest absolute Gasteiger partial charge is 0.220 e. The lowest BCUT2D eigenvalue weighted by atomic mass is 9.96. The number of carbonyl (C=O) groups excluding carboxylic acids is 1. The fourth-order valence-electron chi connectivity index (χ4n) is 4.54. The highest BCUT2D eigenvalue weighted by atomic mass is 16.1. The van der Waals surface area contributed by atoms with Crippen LogP contribution in [0.2, 0.25) is 0 Å². The lowest BCUT2D eigenvalue weighted by Gasteiger charge is -2.41. The summed E-state index contributed by atoms with van der Waals surface area (Å²) >= 11 is 0. The van der Waals surface area contributed by atoms with Crippen LogP contribution in [-0.4, -0.2) is 67.1 Å². The zero-order valence-corrected chi connectivity index (χ0v) is 19.4. The number of carbonyl (C=O) groups is 1. The second-order valence-corrected chi connectivity index (χ2v) is 9.29. The van der Waals surface area contributed by atoms with Gasteiger partial charge in [-0.05, 0) is 58.7 Å². The Morgan fingerprint density at radius 2 is 1.90 bits per heavy atom. The summed E-state index contributed by atoms with van der Waals surface area (Å²) in [6.45, 7) is 10.0. The van der Waals surface area contributed by atoms with E-state index in [9.17, 15) is 4.79 Å². The molecule has 31 heavy (non-hydrogen) atoms. The summed E-state index contributed by atoms with van der Waals surface area (Å²) in [4.78, 5) is 25.3. The van der Waals surface area contributed by atoms with E-state index in [0.717, 1.165) is 49.8 Å². The second-order valence-electron chi connectivity index (χ2n) is 9.29. The number of nitrogens with one attached hydrogen (secondary N) is 2. The molecule has 0 atom stereocenters. The largest absolute Gasteiger partial charge is 0.369 e. The number of nitrogens with zero attached hydrogens (tertiary/aromatic N) is 4. The fraction of sp³-hybridized carbons (Fsp3) is 0.696. The van der Waals surface area contributed by atoms with E-state index >= 15 is 0 Å². The summed E-state index contributed by atoms with van der Waals surface area (Å²) in [5.74, 6) is 1.56. The van der Waals surface area contributed by atoms with Crippen LogP contribution in [0, 0.1) is 5.92 Å². The number of pyridine rings is 1. The first-order chi connectivity index (χ1) is 14.9. The van der Waals surface area contributed by atoms with Crippen LogP contribution in [0.1, 0.15) is 51.5 Å². The molecule has 0 saturated carbocycles. The van der Waals surface area contributed by atoms with E-state index in [1.54, 1.807) is 0 Å². The van der Waals surface area contributed by atoms with Gasteiger partial charge in [0.2, 0.25) is 5.91 Å². The predicted octanol–water partition coefficient (Wildman–Crippen LogP) is 1.71. The molecule has 2 aliphatic heterocycles. The molecule has 3 heterocycles. The summed E-state index contributed by atoms with van der Waals surface area (Å²) in [5.41, 5.74) is 6.69. The van der Waals surface area contributed by atoms with Gasteiger partial charge in [-0.3, -0.25) is 14.7 Å². The topological polar surface area (TPSA) is 98.9 Å². The molecule has 1 amide bonds. The minimum Gasteiger partial charge on any atom is -0.369 e. The molecule has 2 fully saturated rings. The highest BCUT2D eigenvalue weighted by Gasteiger charge is 2.28. The molecule has 0 unspecified atom stereocenters. The number of nitrogens with two attached hydrogens (primary N) is 1. The van der Waals surface area contributed by atoms with Gasteiger partial charge in [0.05, 0.1) is 0 Å². The molecule has 4 N–H and O–H groups in total. The molecule has 0 radical (unpaired) electrons. The molecule has 8 nitrogen and oxygen atoms in total. The Hall–Kier alpha value is -2.35. The van der Waals surface area contributed by atoms with Crippen LogP contribution in [0.3, 0.4) is 0 Å². The average molecular weight is 430 g/mol. The van der Waals surface area contributed by atoms with Crippen molar-refractivity contribution < 1.29 is 4.79 Å². The summed E-state index contributed by atoms with van der Waals surface area (Å²) in [5, 5.41) is 6.95. The molecule has 3 rings (SSSR count). The number of hydrogen-bond acceptors (Lipinski definition) is 5. The molecule has 0 aliphatic carbocycles. The number of aromatic nitrogens is 1. The van der Waals surface area contributed by atoms with Gasteiger partial charge >= 0.3 is 0 Å². The maximum absolute atomic E-state index is 11.5. The summed E-state index contributed by atoms with van der Waals surface area (Å²) in [6.07, 6.45) is 7.32. The third-order valence-corrected chi connectivity index (χ3v) is 6.63. The van der Waals surface area contributed by atoms with Gasteiger partial charge in [-0.25, -0.2) is 4.98 Å². The highest BCUT2D eigenvalue weighted by Crippen LogP contribution is 2.24. The maximum Gasteiger partial charge on any atom is 0.220 e. The quantitative estimate of drug-likeness (QED) is 0.451. The Bertz CT molecular complexity index is 750. The van der Waals surface area contributed by atoms with Crippen molar-refractivity contribution in [3.63, 3.8) is 0 Å². The number of primary amides is 1. The number of aliphatic imine (C=N–C) groups is 1. The van der Waals surface area contributed by atoms with Gasteiger partial charge < -0.3 is 21.3 Å². The van der Waals surface area contributed by atoms with Gasteiger partial charge in [0.15, 0.2) is 5.96 Å². The van der Waals surface area contributed by atoms with Crippen LogP contribution < -0.4 is 21.3 Å². The summed E-state index contributed by atoms with van der Waals surface area (Å²) in [6, 6.07) is 4.06. The van der Waals surface area contributed by atoms with Crippen molar-refractivity contribution in [1.82, 2.24) is 20.5 Å². The highest BCUT2D eigenvalue weighted by molar-refractivity contribution is 5.80. The van der Waals surface area contributed by atoms with Crippen molar-refractivity contribution in [2.45, 2.75) is 58.0 Å². The van der Waals surface area contributed by atoms with E-state index in [-0.39, 0.29) is 17.4 Å². The molecule has 0 bridgehead atoms. The fourth-order valence-corrected chi connectivity index (χ4v) is 4.54. The van der Waals surface area contributed by atoms with E-state index in [0.29, 0.717) is 6.54 Å². The first-order valence-electron chi connectivity index (χ1n) is 11.6. The minimum atomic E-state index is -0.190. The number of piperidine rings is 2. The van der Waals surface area contributed by atoms with Crippen LogP contribution in [-0.2, 0) is 11.3 Å². The zero-order valence-electron chi connectivity index (χ0n) is 19.4. The van der Waals surface area contributed by atoms with Crippen molar-refractivity contribution in [2.24, 2.45) is 16.6 Å². The van der Waals surface area contributed by atoms with Crippen molar-refractivity contribution in [1.29, 1.82) is 0 Å². The molecular weight excluding hydrogens is 390 g/mol. The number of hydrogen-bond donors (Lipinski definition) is 3. The number of likely N-dealkylation sites (tertiary alicyclic amines) is 1. The molecule has 2 aliphatic rings. The molecule has 0 spiro atoms. The molecule has 172 valence electrons. The SMILES string of the molecule is CN=C(NCc1cccnc1N1CCC(C(N)=O)CC1)NCC(C)(C)N1CCCCC1. The molecule has 1 aromatic rings. The van der Waals surface area contributed by atoms with E-state index < -0.39 is 0 Å². The van der Waals surface area contributed by atoms with Gasteiger partial charge in [0.1, 0.15) is 5.82 Å². The molecule has 0 aromatic carbocycles. The first-order valence-corrected chi connectivity index (χ1v) is 11.6. The van der Waals surface area contributed by atoms with Crippen molar-refractivity contribution in [3.8, 4) is 0 Å². The molecular formula is C23H39N7O. The summed E-state index contributed by atoms with van der Waals surface area (Å²) < 4.78 is 0. The number of rotatable bonds is 7. The normalized spacial score (nSPS) is 19.3. The van der Waals surface area contributed by atoms with E-state index in [1.807, 2.05) is 19.3 Å². The zero-order chi connectivity index (χ0) is 22.3. The first kappa shape index (κ1) is 23.3. The van der Waals surface area contributed by atoms with E-state index in [2.05, 4.69) is 50.3 Å². The third kappa shape index (κ3) is 6.32. The Morgan fingerprint density at radius 1 is 1.19 bits per heavy atom. The van der Waals surface area contributed by atoms with Crippen LogP contribution in [0.15, 0.2) is 23.3 Å². The third-order valence-electron chi connectivity index (χ3n) is 6.63.